The minimum absolute atomic E-state index is 0.0157. The van der Waals surface area contributed by atoms with Gasteiger partial charge < -0.3 is 18.9 Å². The summed E-state index contributed by atoms with van der Waals surface area (Å²) < 4.78 is 34.1. The molecular formula is C44H77NO8P+. The summed E-state index contributed by atoms with van der Waals surface area (Å²) in [5.41, 5.74) is 0. The van der Waals surface area contributed by atoms with Crippen LogP contribution in [0.5, 0.6) is 0 Å². The molecule has 0 radical (unpaired) electrons. The summed E-state index contributed by atoms with van der Waals surface area (Å²) >= 11 is 0. The molecule has 0 heterocycles. The van der Waals surface area contributed by atoms with Gasteiger partial charge in [-0.1, -0.05) is 132 Å². The van der Waals surface area contributed by atoms with Crippen LogP contribution in [0.4, 0.5) is 0 Å². The van der Waals surface area contributed by atoms with E-state index in [2.05, 4.69) is 74.6 Å². The molecule has 0 aliphatic heterocycles. The Kier molecular flexibility index (Phi) is 34.4. The maximum absolute atomic E-state index is 12.6. The molecule has 0 fully saturated rings. The maximum Gasteiger partial charge on any atom is 0.472 e. The van der Waals surface area contributed by atoms with E-state index >= 15 is 0 Å². The molecular weight excluding hydrogens is 701 g/mol. The summed E-state index contributed by atoms with van der Waals surface area (Å²) in [6, 6.07) is 0. The van der Waals surface area contributed by atoms with E-state index in [4.69, 9.17) is 18.5 Å². The van der Waals surface area contributed by atoms with Gasteiger partial charge in [0.05, 0.1) is 27.7 Å². The molecule has 0 saturated carbocycles. The lowest BCUT2D eigenvalue weighted by Crippen LogP contribution is -2.37. The lowest BCUT2D eigenvalue weighted by atomic mass is 10.1. The minimum atomic E-state index is -4.39. The van der Waals surface area contributed by atoms with Gasteiger partial charge in [0.15, 0.2) is 6.10 Å². The molecule has 310 valence electrons. The van der Waals surface area contributed by atoms with Gasteiger partial charge in [-0.25, -0.2) is 4.57 Å². The zero-order valence-electron chi connectivity index (χ0n) is 34.7. The molecule has 0 saturated heterocycles. The second-order valence-electron chi connectivity index (χ2n) is 14.7. The molecule has 1 unspecified atom stereocenters. The van der Waals surface area contributed by atoms with Gasteiger partial charge in [-0.15, -0.1) is 0 Å². The van der Waals surface area contributed by atoms with Gasteiger partial charge in [-0.2, -0.15) is 0 Å². The second kappa shape index (κ2) is 36.1. The van der Waals surface area contributed by atoms with Crippen LogP contribution in [0, 0.1) is 0 Å². The lowest BCUT2D eigenvalue weighted by Gasteiger charge is -2.24. The van der Waals surface area contributed by atoms with Crippen LogP contribution in [-0.2, 0) is 32.7 Å². The van der Waals surface area contributed by atoms with E-state index in [0.717, 1.165) is 64.2 Å². The van der Waals surface area contributed by atoms with E-state index in [9.17, 15) is 19.0 Å². The van der Waals surface area contributed by atoms with E-state index in [0.29, 0.717) is 23.9 Å². The Morgan fingerprint density at radius 3 is 1.63 bits per heavy atom. The van der Waals surface area contributed by atoms with Gasteiger partial charge in [-0.05, 0) is 70.6 Å². The van der Waals surface area contributed by atoms with Crippen molar-refractivity contribution in [1.29, 1.82) is 0 Å². The van der Waals surface area contributed by atoms with Crippen molar-refractivity contribution < 1.29 is 42.1 Å². The zero-order valence-corrected chi connectivity index (χ0v) is 35.6. The van der Waals surface area contributed by atoms with Crippen LogP contribution in [0.2, 0.25) is 0 Å². The summed E-state index contributed by atoms with van der Waals surface area (Å²) in [7, 11) is 1.42. The number of carbonyl (C=O) groups excluding carboxylic acids is 2. The Bertz CT molecular complexity index is 1150. The highest BCUT2D eigenvalue weighted by Gasteiger charge is 2.27. The number of hydrogen-bond acceptors (Lipinski definition) is 7. The topological polar surface area (TPSA) is 108 Å². The van der Waals surface area contributed by atoms with Gasteiger partial charge in [0.25, 0.3) is 0 Å². The van der Waals surface area contributed by atoms with Crippen LogP contribution in [0.3, 0.4) is 0 Å². The third-order valence-electron chi connectivity index (χ3n) is 8.22. The molecule has 54 heavy (non-hydrogen) atoms. The van der Waals surface area contributed by atoms with Crippen molar-refractivity contribution in [3.63, 3.8) is 0 Å². The number of unbranched alkanes of at least 4 members (excludes halogenated alkanes) is 10. The molecule has 9 nitrogen and oxygen atoms in total. The van der Waals surface area contributed by atoms with Crippen molar-refractivity contribution in [2.45, 2.75) is 148 Å². The molecule has 0 aliphatic carbocycles. The van der Waals surface area contributed by atoms with Crippen molar-refractivity contribution in [2.24, 2.45) is 0 Å². The number of rotatable bonds is 36. The molecule has 0 bridgehead atoms. The Hall–Kier alpha value is -2.55. The van der Waals surface area contributed by atoms with Gasteiger partial charge in [0, 0.05) is 12.8 Å². The first-order valence-corrected chi connectivity index (χ1v) is 22.2. The Labute approximate surface area is 329 Å². The van der Waals surface area contributed by atoms with E-state index in [1.54, 1.807) is 0 Å². The van der Waals surface area contributed by atoms with Crippen LogP contribution in [0.25, 0.3) is 0 Å². The van der Waals surface area contributed by atoms with Crippen molar-refractivity contribution >= 4 is 19.8 Å². The fourth-order valence-corrected chi connectivity index (χ4v) is 5.66. The summed E-state index contributed by atoms with van der Waals surface area (Å²) in [5.74, 6) is -0.915. The largest absolute Gasteiger partial charge is 0.472 e. The lowest BCUT2D eigenvalue weighted by molar-refractivity contribution is -0.870. The van der Waals surface area contributed by atoms with Crippen LogP contribution < -0.4 is 0 Å². The molecule has 0 aliphatic rings. The molecule has 2 atom stereocenters. The first-order chi connectivity index (χ1) is 26.0. The summed E-state index contributed by atoms with van der Waals surface area (Å²) in [4.78, 5) is 35.2. The van der Waals surface area contributed by atoms with Crippen molar-refractivity contribution in [2.75, 3.05) is 47.5 Å². The van der Waals surface area contributed by atoms with Gasteiger partial charge in [0.2, 0.25) is 0 Å². The SMILES string of the molecule is CCCC/C=C\CCCCCCCC(=O)O[C@H](COC(=O)CC/C=C\C/C=C\C/C=C\C/C=C\C/C=C\CCCCC)COP(=O)(O)OCC[N+](C)(C)C. The molecule has 0 aromatic heterocycles. The van der Waals surface area contributed by atoms with Crippen LogP contribution in [0.15, 0.2) is 72.9 Å². The smallest absolute Gasteiger partial charge is 0.462 e. The molecule has 1 N–H and O–H groups in total. The van der Waals surface area contributed by atoms with Crippen LogP contribution in [-0.4, -0.2) is 74.9 Å². The van der Waals surface area contributed by atoms with Crippen molar-refractivity contribution in [3.8, 4) is 0 Å². The van der Waals surface area contributed by atoms with Crippen molar-refractivity contribution in [1.82, 2.24) is 0 Å². The molecule has 0 spiro atoms. The molecule has 10 heteroatoms. The third-order valence-corrected chi connectivity index (χ3v) is 9.21. The summed E-state index contributed by atoms with van der Waals surface area (Å²) in [6.45, 7) is 4.23. The van der Waals surface area contributed by atoms with E-state index < -0.39 is 32.5 Å². The van der Waals surface area contributed by atoms with Gasteiger partial charge in [0.1, 0.15) is 19.8 Å². The van der Waals surface area contributed by atoms with Crippen molar-refractivity contribution in [3.05, 3.63) is 72.9 Å². The predicted molar refractivity (Wildman–Crippen MR) is 224 cm³/mol. The number of carbonyl (C=O) groups is 2. The Morgan fingerprint density at radius 1 is 0.574 bits per heavy atom. The number of hydrogen-bond donors (Lipinski definition) is 1. The second-order valence-corrected chi connectivity index (χ2v) is 16.1. The number of nitrogens with zero attached hydrogens (tertiary/aromatic N) is 1. The maximum atomic E-state index is 12.6. The van der Waals surface area contributed by atoms with E-state index in [-0.39, 0.29) is 26.1 Å². The standard InChI is InChI=1S/C44H76NO8P/c1-6-8-10-12-14-16-18-19-20-21-22-23-24-25-27-28-30-32-34-36-43(46)50-40-42(41-52-54(48,49)51-39-38-45(3,4)5)53-44(47)37-35-33-31-29-26-17-15-13-11-9-7-2/h13-16,19-20,22-23,25,27,30,32,42H,6-12,17-18,21,24,26,28-29,31,33-41H2,1-5H3/p+1/b15-13-,16-14-,20-19-,23-22-,27-25-,32-30-/t42-/m1/s1. The molecule has 0 amide bonds. The number of esters is 2. The first-order valence-electron chi connectivity index (χ1n) is 20.7. The Balaban J connectivity index is 4.52. The molecule has 0 aromatic carbocycles. The number of allylic oxidation sites excluding steroid dienone is 12. The molecule has 0 rings (SSSR count). The fourth-order valence-electron chi connectivity index (χ4n) is 4.92. The third kappa shape index (κ3) is 39.2. The van der Waals surface area contributed by atoms with E-state index in [1.165, 1.54) is 38.5 Å². The Morgan fingerprint density at radius 2 is 1.06 bits per heavy atom. The average Bonchev–Trinajstić information content (AvgIpc) is 3.12. The minimum Gasteiger partial charge on any atom is -0.462 e. The zero-order chi connectivity index (χ0) is 40.0. The van der Waals surface area contributed by atoms with Crippen LogP contribution >= 0.6 is 7.82 Å². The summed E-state index contributed by atoms with van der Waals surface area (Å²) in [6.07, 6.45) is 44.0. The highest BCUT2D eigenvalue weighted by molar-refractivity contribution is 7.47. The van der Waals surface area contributed by atoms with Crippen LogP contribution in [0.1, 0.15) is 142 Å². The number of phosphoric ester groups is 1. The average molecular weight is 779 g/mol. The number of likely N-dealkylation sites (N-methyl/N-ethyl adjacent to an activating group) is 1. The quantitative estimate of drug-likeness (QED) is 0.0220. The highest BCUT2D eigenvalue weighted by Crippen LogP contribution is 2.43. The molecule has 0 aromatic rings. The van der Waals surface area contributed by atoms with E-state index in [1.807, 2.05) is 33.3 Å². The summed E-state index contributed by atoms with van der Waals surface area (Å²) in [5, 5.41) is 0. The number of quaternary nitrogens is 1. The highest BCUT2D eigenvalue weighted by atomic mass is 31.2. The normalized spacial score (nSPS) is 14.4. The first kappa shape index (κ1) is 51.5. The number of phosphoric acid groups is 1. The van der Waals surface area contributed by atoms with Gasteiger partial charge in [-0.3, -0.25) is 18.6 Å². The van der Waals surface area contributed by atoms with Gasteiger partial charge >= 0.3 is 19.8 Å². The predicted octanol–water partition coefficient (Wildman–Crippen LogP) is 11.5. The monoisotopic (exact) mass is 779 g/mol. The number of ether oxygens (including phenoxy) is 2. The fraction of sp³-hybridized carbons (Fsp3) is 0.682.